The summed E-state index contributed by atoms with van der Waals surface area (Å²) in [5, 5.41) is 18.0. The summed E-state index contributed by atoms with van der Waals surface area (Å²) < 4.78 is 1.70. The van der Waals surface area contributed by atoms with Crippen LogP contribution in [0.2, 0.25) is 0 Å². The van der Waals surface area contributed by atoms with Crippen molar-refractivity contribution in [2.45, 2.75) is 20.0 Å². The fourth-order valence-corrected chi connectivity index (χ4v) is 2.70. The van der Waals surface area contributed by atoms with Gasteiger partial charge in [-0.1, -0.05) is 36.4 Å². The molecule has 0 bridgehead atoms. The molecule has 8 heteroatoms. The Kier molecular flexibility index (Phi) is 5.02. The molecule has 0 aliphatic rings. The van der Waals surface area contributed by atoms with E-state index in [1.807, 2.05) is 24.3 Å². The Morgan fingerprint density at radius 3 is 2.73 bits per heavy atom. The van der Waals surface area contributed by atoms with Crippen LogP contribution in [0.1, 0.15) is 27.0 Å². The second-order valence-electron chi connectivity index (χ2n) is 5.82. The number of carbonyl (C=O) groups excluding carboxylic acids is 1. The van der Waals surface area contributed by atoms with Crippen molar-refractivity contribution in [2.75, 3.05) is 0 Å². The molecule has 132 valence electrons. The van der Waals surface area contributed by atoms with Crippen LogP contribution in [0.25, 0.3) is 0 Å². The molecule has 0 unspecified atom stereocenters. The fraction of sp³-hybridized carbons (Fsp3) is 0.167. The Morgan fingerprint density at radius 1 is 1.23 bits per heavy atom. The van der Waals surface area contributed by atoms with E-state index in [0.717, 1.165) is 11.1 Å². The Balaban J connectivity index is 1.71. The third kappa shape index (κ3) is 3.92. The zero-order valence-electron chi connectivity index (χ0n) is 14.1. The number of carbonyl (C=O) groups is 1. The molecule has 0 spiro atoms. The molecule has 1 N–H and O–H groups in total. The molecule has 1 heterocycles. The van der Waals surface area contributed by atoms with Gasteiger partial charge in [0.2, 0.25) is 0 Å². The van der Waals surface area contributed by atoms with Crippen molar-refractivity contribution in [3.63, 3.8) is 0 Å². The second-order valence-corrected chi connectivity index (χ2v) is 5.82. The van der Waals surface area contributed by atoms with Gasteiger partial charge in [-0.3, -0.25) is 14.9 Å². The number of para-hydroxylation sites is 1. The molecule has 0 atom stereocenters. The Morgan fingerprint density at radius 2 is 2.00 bits per heavy atom. The second kappa shape index (κ2) is 7.56. The first-order chi connectivity index (χ1) is 12.5. The van der Waals surface area contributed by atoms with Gasteiger partial charge in [0.25, 0.3) is 11.6 Å². The minimum atomic E-state index is -0.525. The van der Waals surface area contributed by atoms with E-state index >= 15 is 0 Å². The minimum absolute atomic E-state index is 0.0637. The summed E-state index contributed by atoms with van der Waals surface area (Å²) in [6.07, 6.45) is 3.10. The van der Waals surface area contributed by atoms with E-state index in [9.17, 15) is 14.9 Å². The summed E-state index contributed by atoms with van der Waals surface area (Å²) in [5.41, 5.74) is 2.27. The average Bonchev–Trinajstić information content (AvgIpc) is 3.12. The van der Waals surface area contributed by atoms with E-state index in [4.69, 9.17) is 0 Å². The highest BCUT2D eigenvalue weighted by Gasteiger charge is 2.22. The van der Waals surface area contributed by atoms with Gasteiger partial charge in [-0.2, -0.15) is 5.10 Å². The van der Waals surface area contributed by atoms with E-state index < -0.39 is 10.8 Å². The smallest absolute Gasteiger partial charge is 0.285 e. The van der Waals surface area contributed by atoms with Crippen molar-refractivity contribution < 1.29 is 9.72 Å². The number of aromatic nitrogens is 3. The maximum atomic E-state index is 12.4. The van der Waals surface area contributed by atoms with Crippen LogP contribution in [-0.2, 0) is 13.1 Å². The normalized spacial score (nSPS) is 10.5. The monoisotopic (exact) mass is 351 g/mol. The van der Waals surface area contributed by atoms with Crippen molar-refractivity contribution in [1.82, 2.24) is 20.1 Å². The zero-order valence-corrected chi connectivity index (χ0v) is 14.1. The van der Waals surface area contributed by atoms with E-state index in [1.165, 1.54) is 12.4 Å². The number of rotatable bonds is 6. The number of hydrogen-bond donors (Lipinski definition) is 1. The molecular formula is C18H17N5O3. The first-order valence-electron chi connectivity index (χ1n) is 7.97. The minimum Gasteiger partial charge on any atom is -0.348 e. The van der Waals surface area contributed by atoms with Gasteiger partial charge in [0.1, 0.15) is 18.2 Å². The number of aryl methyl sites for hydroxylation is 1. The van der Waals surface area contributed by atoms with Crippen molar-refractivity contribution in [3.05, 3.63) is 87.5 Å². The summed E-state index contributed by atoms with van der Waals surface area (Å²) in [4.78, 5) is 27.0. The van der Waals surface area contributed by atoms with Crippen LogP contribution in [-0.4, -0.2) is 25.6 Å². The SMILES string of the molecule is Cc1cccc(C(=O)NCc2cccc(Cn3cncn3)c2)c1[N+](=O)[O-]. The molecule has 2 aromatic carbocycles. The highest BCUT2D eigenvalue weighted by molar-refractivity contribution is 5.98. The van der Waals surface area contributed by atoms with Crippen molar-refractivity contribution in [1.29, 1.82) is 0 Å². The lowest BCUT2D eigenvalue weighted by molar-refractivity contribution is -0.385. The lowest BCUT2D eigenvalue weighted by atomic mass is 10.1. The highest BCUT2D eigenvalue weighted by Crippen LogP contribution is 2.23. The van der Waals surface area contributed by atoms with Gasteiger partial charge in [-0.05, 0) is 24.1 Å². The first kappa shape index (κ1) is 17.3. The quantitative estimate of drug-likeness (QED) is 0.543. The van der Waals surface area contributed by atoms with Crippen LogP contribution < -0.4 is 5.32 Å². The number of hydrogen-bond acceptors (Lipinski definition) is 5. The highest BCUT2D eigenvalue weighted by atomic mass is 16.6. The maximum Gasteiger partial charge on any atom is 0.285 e. The molecule has 0 aliphatic heterocycles. The molecule has 0 fully saturated rings. The van der Waals surface area contributed by atoms with E-state index in [2.05, 4.69) is 15.4 Å². The maximum absolute atomic E-state index is 12.4. The van der Waals surface area contributed by atoms with Crippen LogP contribution in [0.5, 0.6) is 0 Å². The number of amides is 1. The molecule has 0 radical (unpaired) electrons. The van der Waals surface area contributed by atoms with Gasteiger partial charge >= 0.3 is 0 Å². The van der Waals surface area contributed by atoms with Crippen LogP contribution in [0, 0.1) is 17.0 Å². The lowest BCUT2D eigenvalue weighted by Gasteiger charge is -2.09. The number of benzene rings is 2. The van der Waals surface area contributed by atoms with E-state index in [1.54, 1.807) is 30.1 Å². The molecular weight excluding hydrogens is 334 g/mol. The molecule has 0 saturated heterocycles. The van der Waals surface area contributed by atoms with Crippen LogP contribution in [0.15, 0.2) is 55.1 Å². The number of nitrogens with zero attached hydrogens (tertiary/aromatic N) is 4. The summed E-state index contributed by atoms with van der Waals surface area (Å²) in [6.45, 7) is 2.46. The summed E-state index contributed by atoms with van der Waals surface area (Å²) in [5.74, 6) is -0.470. The standard InChI is InChI=1S/C18H17N5O3/c1-13-4-2-7-16(17(13)23(25)26)18(24)20-9-14-5-3-6-15(8-14)10-22-12-19-11-21-22/h2-8,11-12H,9-10H2,1H3,(H,20,24). The van der Waals surface area contributed by atoms with Crippen molar-refractivity contribution >= 4 is 11.6 Å². The van der Waals surface area contributed by atoms with Crippen LogP contribution in [0.4, 0.5) is 5.69 Å². The molecule has 8 nitrogen and oxygen atoms in total. The first-order valence-corrected chi connectivity index (χ1v) is 7.97. The van der Waals surface area contributed by atoms with Gasteiger partial charge < -0.3 is 5.32 Å². The Bertz CT molecular complexity index is 938. The van der Waals surface area contributed by atoms with Gasteiger partial charge in [-0.25, -0.2) is 9.67 Å². The zero-order chi connectivity index (χ0) is 18.5. The van der Waals surface area contributed by atoms with Gasteiger partial charge in [0, 0.05) is 12.1 Å². The number of nitro groups is 1. The summed E-state index contributed by atoms with van der Waals surface area (Å²) in [6, 6.07) is 12.4. The summed E-state index contributed by atoms with van der Waals surface area (Å²) >= 11 is 0. The van der Waals surface area contributed by atoms with Gasteiger partial charge in [0.15, 0.2) is 0 Å². The predicted octanol–water partition coefficient (Wildman–Crippen LogP) is 2.47. The molecule has 0 saturated carbocycles. The van der Waals surface area contributed by atoms with Gasteiger partial charge in [-0.15, -0.1) is 0 Å². The topological polar surface area (TPSA) is 103 Å². The third-order valence-corrected chi connectivity index (χ3v) is 3.92. The molecule has 3 rings (SSSR count). The third-order valence-electron chi connectivity index (χ3n) is 3.92. The summed E-state index contributed by atoms with van der Waals surface area (Å²) in [7, 11) is 0. The predicted molar refractivity (Wildman–Crippen MR) is 94.6 cm³/mol. The number of nitrogens with one attached hydrogen (secondary N) is 1. The molecule has 0 aliphatic carbocycles. The van der Waals surface area contributed by atoms with Crippen LogP contribution >= 0.6 is 0 Å². The van der Waals surface area contributed by atoms with Crippen molar-refractivity contribution in [2.24, 2.45) is 0 Å². The Labute approximate surface area is 149 Å². The molecule has 1 aromatic heterocycles. The number of nitro benzene ring substituents is 1. The lowest BCUT2D eigenvalue weighted by Crippen LogP contribution is -2.24. The van der Waals surface area contributed by atoms with E-state index in [0.29, 0.717) is 12.1 Å². The largest absolute Gasteiger partial charge is 0.348 e. The average molecular weight is 351 g/mol. The van der Waals surface area contributed by atoms with Crippen molar-refractivity contribution in [3.8, 4) is 0 Å². The van der Waals surface area contributed by atoms with E-state index in [-0.39, 0.29) is 17.8 Å². The van der Waals surface area contributed by atoms with Gasteiger partial charge in [0.05, 0.1) is 11.5 Å². The Hall–Kier alpha value is -3.55. The molecule has 1 amide bonds. The van der Waals surface area contributed by atoms with Crippen LogP contribution in [0.3, 0.4) is 0 Å². The molecule has 26 heavy (non-hydrogen) atoms. The fourth-order valence-electron chi connectivity index (χ4n) is 2.70. The molecule has 3 aromatic rings.